The van der Waals surface area contributed by atoms with Gasteiger partial charge in [-0.1, -0.05) is 12.2 Å². The summed E-state index contributed by atoms with van der Waals surface area (Å²) in [5.41, 5.74) is 0.339. The smallest absolute Gasteiger partial charge is 0.354 e. The number of ether oxygens (including phenoxy) is 4. The molecule has 1 aromatic rings. The highest BCUT2D eigenvalue weighted by Gasteiger charge is 2.47. The van der Waals surface area contributed by atoms with Crippen LogP contribution in [-0.4, -0.2) is 53.6 Å². The van der Waals surface area contributed by atoms with E-state index in [1.165, 1.54) is 6.20 Å². The molecule has 4 rings (SSSR count). The summed E-state index contributed by atoms with van der Waals surface area (Å²) < 4.78 is 24.0. The molecule has 1 spiro atoms. The van der Waals surface area contributed by atoms with E-state index < -0.39 is 17.4 Å². The Hall–Kier alpha value is -1.80. The molecule has 1 aromatic heterocycles. The van der Waals surface area contributed by atoms with Crippen LogP contribution in [0.3, 0.4) is 0 Å². The quantitative estimate of drug-likeness (QED) is 0.826. The van der Waals surface area contributed by atoms with E-state index >= 15 is 0 Å². The number of carboxylic acids is 1. The van der Waals surface area contributed by atoms with E-state index in [0.29, 0.717) is 13.2 Å². The summed E-state index contributed by atoms with van der Waals surface area (Å²) in [7, 11) is 0. The number of aromatic nitrogens is 1. The highest BCUT2D eigenvalue weighted by Crippen LogP contribution is 2.44. The van der Waals surface area contributed by atoms with Gasteiger partial charge in [-0.15, -0.1) is 0 Å². The van der Waals surface area contributed by atoms with Gasteiger partial charge in [0.15, 0.2) is 12.1 Å². The standard InChI is InChI=1S/C21H27NO6/c23-19(24)17-15-16(5-11-22-17)4-6-20(28-18-3-1-2-12-25-18)7-9-21(10-8-20)26-13-14-27-21/h4-6,11,15,18H,1-3,7-10,12-14H2,(H,23,24)/b6-4+. The van der Waals surface area contributed by atoms with Gasteiger partial charge < -0.3 is 24.1 Å². The fourth-order valence-corrected chi connectivity index (χ4v) is 4.15. The number of carbonyl (C=O) groups is 1. The zero-order valence-corrected chi connectivity index (χ0v) is 16.0. The Bertz CT molecular complexity index is 711. The van der Waals surface area contributed by atoms with Crippen LogP contribution in [0.15, 0.2) is 24.4 Å². The summed E-state index contributed by atoms with van der Waals surface area (Å²) in [5.74, 6) is -1.51. The fourth-order valence-electron chi connectivity index (χ4n) is 4.15. The number of hydrogen-bond donors (Lipinski definition) is 1. The average Bonchev–Trinajstić information content (AvgIpc) is 3.18. The maximum Gasteiger partial charge on any atom is 0.354 e. The molecule has 3 aliphatic rings. The molecule has 1 aliphatic carbocycles. The Morgan fingerprint density at radius 3 is 2.64 bits per heavy atom. The summed E-state index contributed by atoms with van der Waals surface area (Å²) >= 11 is 0. The molecule has 28 heavy (non-hydrogen) atoms. The minimum Gasteiger partial charge on any atom is -0.477 e. The number of nitrogens with zero attached hydrogens (tertiary/aromatic N) is 1. The summed E-state index contributed by atoms with van der Waals surface area (Å²) in [5, 5.41) is 9.16. The van der Waals surface area contributed by atoms with Crippen molar-refractivity contribution in [3.63, 3.8) is 0 Å². The first-order valence-electron chi connectivity index (χ1n) is 10.0. The monoisotopic (exact) mass is 389 g/mol. The molecular weight excluding hydrogens is 362 g/mol. The Morgan fingerprint density at radius 1 is 1.18 bits per heavy atom. The minimum absolute atomic E-state index is 0.0306. The first-order valence-corrected chi connectivity index (χ1v) is 10.0. The second-order valence-corrected chi connectivity index (χ2v) is 7.70. The lowest BCUT2D eigenvalue weighted by Crippen LogP contribution is -2.46. The zero-order valence-electron chi connectivity index (χ0n) is 16.0. The van der Waals surface area contributed by atoms with Crippen molar-refractivity contribution in [2.24, 2.45) is 0 Å². The molecule has 1 atom stereocenters. The highest BCUT2D eigenvalue weighted by molar-refractivity contribution is 5.86. The molecule has 7 nitrogen and oxygen atoms in total. The Kier molecular flexibility index (Phi) is 5.78. The molecule has 0 aromatic carbocycles. The van der Waals surface area contributed by atoms with Gasteiger partial charge in [0.1, 0.15) is 5.69 Å². The summed E-state index contributed by atoms with van der Waals surface area (Å²) in [4.78, 5) is 15.0. The topological polar surface area (TPSA) is 87.1 Å². The SMILES string of the molecule is O=C(O)c1cc(/C=C/C2(OC3CCCCO3)CCC3(CC2)OCCO3)ccn1. The molecule has 1 N–H and O–H groups in total. The fraction of sp³-hybridized carbons (Fsp3) is 0.619. The van der Waals surface area contributed by atoms with Crippen LogP contribution in [0.5, 0.6) is 0 Å². The van der Waals surface area contributed by atoms with Crippen LogP contribution in [0.25, 0.3) is 6.08 Å². The first kappa shape index (κ1) is 19.5. The van der Waals surface area contributed by atoms with E-state index in [4.69, 9.17) is 24.1 Å². The van der Waals surface area contributed by atoms with Crippen LogP contribution in [0, 0.1) is 0 Å². The maximum atomic E-state index is 11.2. The van der Waals surface area contributed by atoms with Crippen LogP contribution in [0.1, 0.15) is 61.0 Å². The van der Waals surface area contributed by atoms with Gasteiger partial charge in [0.25, 0.3) is 0 Å². The van der Waals surface area contributed by atoms with Crippen LogP contribution >= 0.6 is 0 Å². The largest absolute Gasteiger partial charge is 0.477 e. The maximum absolute atomic E-state index is 11.2. The third-order valence-electron chi connectivity index (χ3n) is 5.76. The molecule has 1 unspecified atom stereocenters. The van der Waals surface area contributed by atoms with Crippen molar-refractivity contribution in [2.45, 2.75) is 62.6 Å². The molecule has 152 valence electrons. The van der Waals surface area contributed by atoms with Gasteiger partial charge >= 0.3 is 5.97 Å². The molecular formula is C21H27NO6. The molecule has 3 heterocycles. The number of pyridine rings is 1. The number of hydrogen-bond acceptors (Lipinski definition) is 6. The van der Waals surface area contributed by atoms with Gasteiger partial charge in [-0.3, -0.25) is 0 Å². The van der Waals surface area contributed by atoms with Gasteiger partial charge in [-0.2, -0.15) is 0 Å². The molecule has 1 saturated carbocycles. The van der Waals surface area contributed by atoms with Crippen molar-refractivity contribution < 1.29 is 28.8 Å². The van der Waals surface area contributed by atoms with Gasteiger partial charge in [-0.25, -0.2) is 9.78 Å². The van der Waals surface area contributed by atoms with E-state index in [2.05, 4.69) is 4.98 Å². The Morgan fingerprint density at radius 2 is 1.96 bits per heavy atom. The van der Waals surface area contributed by atoms with Crippen LogP contribution in [0.2, 0.25) is 0 Å². The van der Waals surface area contributed by atoms with Gasteiger partial charge in [-0.05, 0) is 49.8 Å². The van der Waals surface area contributed by atoms with Gasteiger partial charge in [0, 0.05) is 25.6 Å². The summed E-state index contributed by atoms with van der Waals surface area (Å²) in [6, 6.07) is 3.36. The first-order chi connectivity index (χ1) is 13.6. The second kappa shape index (κ2) is 8.29. The molecule has 3 fully saturated rings. The number of rotatable bonds is 5. The van der Waals surface area contributed by atoms with Crippen molar-refractivity contribution in [3.8, 4) is 0 Å². The lowest BCUT2D eigenvalue weighted by atomic mass is 9.80. The zero-order chi connectivity index (χ0) is 19.5. The third kappa shape index (κ3) is 4.43. The van der Waals surface area contributed by atoms with E-state index in [1.807, 2.05) is 12.2 Å². The van der Waals surface area contributed by atoms with E-state index in [1.54, 1.807) is 12.1 Å². The Balaban J connectivity index is 1.52. The van der Waals surface area contributed by atoms with Crippen molar-refractivity contribution in [1.29, 1.82) is 0 Å². The molecule has 0 bridgehead atoms. The lowest BCUT2D eigenvalue weighted by molar-refractivity contribution is -0.249. The van der Waals surface area contributed by atoms with Crippen molar-refractivity contribution >= 4 is 12.0 Å². The highest BCUT2D eigenvalue weighted by atomic mass is 16.7. The normalized spacial score (nSPS) is 26.6. The molecule has 2 saturated heterocycles. The molecule has 7 heteroatoms. The van der Waals surface area contributed by atoms with Crippen molar-refractivity contribution in [3.05, 3.63) is 35.7 Å². The average molecular weight is 389 g/mol. The number of carboxylic acid groups (broad SMARTS) is 1. The van der Waals surface area contributed by atoms with Crippen molar-refractivity contribution in [2.75, 3.05) is 19.8 Å². The molecule has 0 amide bonds. The molecule has 2 aliphatic heterocycles. The second-order valence-electron chi connectivity index (χ2n) is 7.70. The lowest BCUT2D eigenvalue weighted by Gasteiger charge is -2.44. The van der Waals surface area contributed by atoms with Crippen LogP contribution in [0.4, 0.5) is 0 Å². The van der Waals surface area contributed by atoms with Gasteiger partial charge in [0.2, 0.25) is 0 Å². The van der Waals surface area contributed by atoms with Crippen LogP contribution in [-0.2, 0) is 18.9 Å². The minimum atomic E-state index is -1.04. The number of aromatic carboxylic acids is 1. The predicted octanol–water partition coefficient (Wildman–Crippen LogP) is 3.39. The summed E-state index contributed by atoms with van der Waals surface area (Å²) in [6.07, 6.45) is 11.4. The van der Waals surface area contributed by atoms with E-state index in [9.17, 15) is 4.79 Å². The van der Waals surface area contributed by atoms with Crippen LogP contribution < -0.4 is 0 Å². The van der Waals surface area contributed by atoms with E-state index in [-0.39, 0.29) is 12.0 Å². The molecule has 0 radical (unpaired) electrons. The van der Waals surface area contributed by atoms with E-state index in [0.717, 1.165) is 57.1 Å². The Labute approximate surface area is 164 Å². The predicted molar refractivity (Wildman–Crippen MR) is 101 cm³/mol. The van der Waals surface area contributed by atoms with Gasteiger partial charge in [0.05, 0.1) is 18.8 Å². The third-order valence-corrected chi connectivity index (χ3v) is 5.76. The van der Waals surface area contributed by atoms with Crippen molar-refractivity contribution in [1.82, 2.24) is 4.98 Å². The summed E-state index contributed by atoms with van der Waals surface area (Å²) in [6.45, 7) is 2.02.